The molecule has 0 spiro atoms. The van der Waals surface area contributed by atoms with Gasteiger partial charge >= 0.3 is 0 Å². The Morgan fingerprint density at radius 1 is 1.33 bits per heavy atom. The van der Waals surface area contributed by atoms with Gasteiger partial charge in [-0.1, -0.05) is 18.2 Å². The molecule has 0 saturated heterocycles. The number of aromatic nitrogens is 3. The zero-order valence-corrected chi connectivity index (χ0v) is 8.61. The Morgan fingerprint density at radius 3 is 2.67 bits per heavy atom. The lowest BCUT2D eigenvalue weighted by Crippen LogP contribution is -2.19. The summed E-state index contributed by atoms with van der Waals surface area (Å²) in [5.74, 6) is 0.201. The normalized spacial score (nSPS) is 9.87. The van der Waals surface area contributed by atoms with E-state index < -0.39 is 0 Å². The molecule has 1 heterocycles. The molecule has 0 amide bonds. The number of rotatable bonds is 1. The number of nitrogen functional groups attached to an aromatic ring is 1. The molecule has 1 aromatic heterocycles. The van der Waals surface area contributed by atoms with Crippen LogP contribution in [0.25, 0.3) is 0 Å². The topological polar surface area (TPSA) is 68.8 Å². The largest absolute Gasteiger partial charge is 0.366 e. The van der Waals surface area contributed by atoms with Crippen LogP contribution in [0, 0.1) is 0 Å². The lowest BCUT2D eigenvalue weighted by Gasteiger charge is -2.05. The van der Waals surface area contributed by atoms with Gasteiger partial charge in [-0.25, -0.2) is 4.98 Å². The fourth-order valence-corrected chi connectivity index (χ4v) is 1.28. The van der Waals surface area contributed by atoms with E-state index in [0.29, 0.717) is 5.11 Å². The molecule has 0 unspecified atom stereocenters. The third-order valence-electron chi connectivity index (χ3n) is 1.74. The van der Waals surface area contributed by atoms with Crippen LogP contribution < -0.4 is 11.1 Å². The van der Waals surface area contributed by atoms with Gasteiger partial charge in [-0.05, 0) is 24.4 Å². The molecule has 2 rings (SSSR count). The first-order chi connectivity index (χ1) is 7.25. The minimum Gasteiger partial charge on any atom is -0.366 e. The number of nitrogens with two attached hydrogens (primary N) is 1. The maximum atomic E-state index is 5.38. The van der Waals surface area contributed by atoms with Crippen molar-refractivity contribution in [1.82, 2.24) is 14.8 Å². The quantitative estimate of drug-likeness (QED) is 0.703. The van der Waals surface area contributed by atoms with Crippen molar-refractivity contribution in [3.8, 4) is 0 Å². The molecule has 3 N–H and O–H groups in total. The monoisotopic (exact) mass is 219 g/mol. The molecular formula is C9H9N5S. The van der Waals surface area contributed by atoms with Crippen molar-refractivity contribution in [2.75, 3.05) is 11.1 Å². The van der Waals surface area contributed by atoms with Crippen LogP contribution >= 0.6 is 12.2 Å². The molecule has 0 bridgehead atoms. The van der Waals surface area contributed by atoms with Gasteiger partial charge in [0, 0.05) is 5.69 Å². The minimum atomic E-state index is 0.201. The Balaban J connectivity index is 2.11. The number of hydrogen-bond acceptors (Lipinski definition) is 4. The fraction of sp³-hybridized carbons (Fsp3) is 0. The van der Waals surface area contributed by atoms with Gasteiger partial charge in [0.25, 0.3) is 0 Å². The molecule has 6 heteroatoms. The van der Waals surface area contributed by atoms with E-state index in [0.717, 1.165) is 5.69 Å². The Morgan fingerprint density at radius 2 is 2.07 bits per heavy atom. The predicted molar refractivity (Wildman–Crippen MR) is 62.5 cm³/mol. The first kappa shape index (κ1) is 9.60. The molecule has 0 radical (unpaired) electrons. The van der Waals surface area contributed by atoms with Gasteiger partial charge in [-0.15, -0.1) is 5.10 Å². The van der Waals surface area contributed by atoms with E-state index in [1.807, 2.05) is 30.3 Å². The van der Waals surface area contributed by atoms with Crippen molar-refractivity contribution in [2.24, 2.45) is 0 Å². The summed E-state index contributed by atoms with van der Waals surface area (Å²) in [5, 5.41) is 7.33. The van der Waals surface area contributed by atoms with Crippen molar-refractivity contribution < 1.29 is 0 Å². The minimum absolute atomic E-state index is 0.201. The van der Waals surface area contributed by atoms with Gasteiger partial charge in [0.15, 0.2) is 5.11 Å². The second kappa shape index (κ2) is 4.05. The summed E-state index contributed by atoms with van der Waals surface area (Å²) >= 11 is 5.11. The lowest BCUT2D eigenvalue weighted by atomic mass is 10.3. The SMILES string of the molecule is Nc1ncn(C(=S)Nc2ccccc2)n1. The highest BCUT2D eigenvalue weighted by Gasteiger charge is 2.02. The van der Waals surface area contributed by atoms with Gasteiger partial charge in [0.05, 0.1) is 0 Å². The Kier molecular flexibility index (Phi) is 2.59. The van der Waals surface area contributed by atoms with Crippen LogP contribution in [0.15, 0.2) is 36.7 Å². The molecule has 5 nitrogen and oxygen atoms in total. The molecule has 1 aromatic carbocycles. The average Bonchev–Trinajstić information content (AvgIpc) is 2.66. The van der Waals surface area contributed by atoms with Crippen LogP contribution in [0.1, 0.15) is 0 Å². The molecule has 0 aliphatic rings. The van der Waals surface area contributed by atoms with Crippen LogP contribution in [-0.2, 0) is 0 Å². The third kappa shape index (κ3) is 2.29. The molecule has 0 fully saturated rings. The molecule has 15 heavy (non-hydrogen) atoms. The van der Waals surface area contributed by atoms with Crippen molar-refractivity contribution >= 4 is 29.0 Å². The number of nitrogens with zero attached hydrogens (tertiary/aromatic N) is 3. The summed E-state index contributed by atoms with van der Waals surface area (Å²) in [7, 11) is 0. The zero-order chi connectivity index (χ0) is 10.7. The Labute approximate surface area is 91.9 Å². The maximum absolute atomic E-state index is 5.38. The van der Waals surface area contributed by atoms with Crippen molar-refractivity contribution in [2.45, 2.75) is 0 Å². The number of para-hydroxylation sites is 1. The van der Waals surface area contributed by atoms with Gasteiger partial charge < -0.3 is 11.1 Å². The summed E-state index contributed by atoms with van der Waals surface area (Å²) in [4.78, 5) is 3.78. The van der Waals surface area contributed by atoms with E-state index in [1.165, 1.54) is 11.0 Å². The summed E-state index contributed by atoms with van der Waals surface area (Å²) < 4.78 is 1.41. The standard InChI is InChI=1S/C9H9N5S/c10-8-11-6-14(13-8)9(15)12-7-4-2-1-3-5-7/h1-6H,(H2,10,13)(H,12,15). The predicted octanol–water partition coefficient (Wildman–Crippen LogP) is 1.11. The summed E-state index contributed by atoms with van der Waals surface area (Å²) in [5.41, 5.74) is 6.28. The average molecular weight is 219 g/mol. The third-order valence-corrected chi connectivity index (χ3v) is 2.03. The highest BCUT2D eigenvalue weighted by molar-refractivity contribution is 7.80. The van der Waals surface area contributed by atoms with E-state index in [4.69, 9.17) is 18.0 Å². The summed E-state index contributed by atoms with van der Waals surface area (Å²) in [6, 6.07) is 9.59. The fourth-order valence-electron chi connectivity index (χ4n) is 1.08. The van der Waals surface area contributed by atoms with E-state index in [9.17, 15) is 0 Å². The molecule has 0 aliphatic carbocycles. The summed E-state index contributed by atoms with van der Waals surface area (Å²) in [6.45, 7) is 0. The van der Waals surface area contributed by atoms with Gasteiger partial charge in [0.2, 0.25) is 5.95 Å². The Hall–Kier alpha value is -1.95. The lowest BCUT2D eigenvalue weighted by molar-refractivity contribution is 0.951. The number of nitrogens with one attached hydrogen (secondary N) is 1. The zero-order valence-electron chi connectivity index (χ0n) is 7.79. The second-order valence-electron chi connectivity index (χ2n) is 2.84. The van der Waals surface area contributed by atoms with E-state index in [2.05, 4.69) is 15.4 Å². The van der Waals surface area contributed by atoms with Gasteiger partial charge in [0.1, 0.15) is 6.33 Å². The van der Waals surface area contributed by atoms with Crippen LogP contribution in [0.2, 0.25) is 0 Å². The molecule has 76 valence electrons. The first-order valence-corrected chi connectivity index (χ1v) is 4.70. The first-order valence-electron chi connectivity index (χ1n) is 4.29. The smallest absolute Gasteiger partial charge is 0.239 e. The van der Waals surface area contributed by atoms with Gasteiger partial charge in [-0.2, -0.15) is 4.68 Å². The molecule has 0 aliphatic heterocycles. The number of benzene rings is 1. The molecule has 2 aromatic rings. The van der Waals surface area contributed by atoms with Crippen molar-refractivity contribution in [3.05, 3.63) is 36.7 Å². The summed E-state index contributed by atoms with van der Waals surface area (Å²) in [6.07, 6.45) is 1.47. The number of hydrogen-bond donors (Lipinski definition) is 2. The highest BCUT2D eigenvalue weighted by atomic mass is 32.1. The number of anilines is 2. The van der Waals surface area contributed by atoms with Crippen LogP contribution in [0.5, 0.6) is 0 Å². The highest BCUT2D eigenvalue weighted by Crippen LogP contribution is 2.05. The van der Waals surface area contributed by atoms with Crippen molar-refractivity contribution in [1.29, 1.82) is 0 Å². The van der Waals surface area contributed by atoms with E-state index >= 15 is 0 Å². The molecular weight excluding hydrogens is 210 g/mol. The second-order valence-corrected chi connectivity index (χ2v) is 3.23. The molecule has 0 saturated carbocycles. The van der Waals surface area contributed by atoms with Crippen molar-refractivity contribution in [3.63, 3.8) is 0 Å². The van der Waals surface area contributed by atoms with Crippen LogP contribution in [-0.4, -0.2) is 19.9 Å². The number of thiocarbonyl (C=S) groups is 1. The molecule has 0 atom stereocenters. The Bertz CT molecular complexity index is 464. The van der Waals surface area contributed by atoms with E-state index in [-0.39, 0.29) is 5.95 Å². The van der Waals surface area contributed by atoms with Gasteiger partial charge in [-0.3, -0.25) is 0 Å². The van der Waals surface area contributed by atoms with Crippen LogP contribution in [0.4, 0.5) is 11.6 Å². The van der Waals surface area contributed by atoms with E-state index in [1.54, 1.807) is 0 Å². The maximum Gasteiger partial charge on any atom is 0.239 e. The van der Waals surface area contributed by atoms with Crippen LogP contribution in [0.3, 0.4) is 0 Å².